The highest BCUT2D eigenvalue weighted by Gasteiger charge is 2.31. The van der Waals surface area contributed by atoms with Crippen molar-refractivity contribution in [3.63, 3.8) is 0 Å². The zero-order valence-electron chi connectivity index (χ0n) is 39.5. The lowest BCUT2D eigenvalue weighted by Crippen LogP contribution is -2.40. The van der Waals surface area contributed by atoms with E-state index in [1.165, 1.54) is 103 Å². The Morgan fingerprint density at radius 3 is 0.937 bits per heavy atom. The first-order valence-corrected chi connectivity index (χ1v) is 24.3. The Bertz CT molecular complexity index is 1320. The molecular weight excluding hydrogens is 853 g/mol. The molecule has 0 radical (unpaired) electrons. The number of nitrogens with two attached hydrogens (primary N) is 3. The number of hydrogen-bond acceptors (Lipinski definition) is 7. The minimum absolute atomic E-state index is 0. The number of rotatable bonds is 11. The number of benzene rings is 2. The Balaban J connectivity index is 0.000000794. The number of hydrogen-bond donors (Lipinski definition) is 7. The summed E-state index contributed by atoms with van der Waals surface area (Å²) in [4.78, 5) is 24.0. The zero-order valence-corrected chi connectivity index (χ0v) is 42.0. The average Bonchev–Trinajstić information content (AvgIpc) is 4.15. The lowest BCUT2D eigenvalue weighted by molar-refractivity contribution is -0.131. The number of amides is 2. The molecule has 2 aromatic carbocycles. The van der Waals surface area contributed by atoms with Gasteiger partial charge in [-0.2, -0.15) is 0 Å². The number of carbonyl (C=O) groups excluding carboxylic acids is 2. The quantitative estimate of drug-likeness (QED) is 0.117. The number of halogens is 3. The predicted molar refractivity (Wildman–Crippen MR) is 270 cm³/mol. The third-order valence-corrected chi connectivity index (χ3v) is 14.5. The van der Waals surface area contributed by atoms with Gasteiger partial charge in [-0.25, -0.2) is 0 Å². The second-order valence-electron chi connectivity index (χ2n) is 18.3. The van der Waals surface area contributed by atoms with Crippen molar-refractivity contribution >= 4 is 49.0 Å². The lowest BCUT2D eigenvalue weighted by Gasteiger charge is -2.21. The van der Waals surface area contributed by atoms with E-state index in [4.69, 9.17) is 17.2 Å². The molecule has 0 bridgehead atoms. The standard InChI is InChI=1S/2C15H21NO2.3C7H15N.3ClH/c2*1-2-11-9-6-10-13(11)16-15(18)14(17)12-7-4-3-5-8-12;3*1-2-6-4-3-5-7(6)8;;;/h2*3-5,7-8,11,13-14,17H,2,6,9-10H2,1H3,(H,16,18);3*6-7H,2-5,8H2,1H3;3*1H/t2*11-,13-,14+;3*6-,7-;;;/m00000.../s1. The molecular formula is C51H90Cl3N5O4. The van der Waals surface area contributed by atoms with Crippen molar-refractivity contribution in [2.75, 3.05) is 0 Å². The number of nitrogens with one attached hydrogen (secondary N) is 2. The highest BCUT2D eigenvalue weighted by Crippen LogP contribution is 2.31. The van der Waals surface area contributed by atoms with Gasteiger partial charge in [0, 0.05) is 30.2 Å². The topological polar surface area (TPSA) is 177 Å². The van der Waals surface area contributed by atoms with Crippen LogP contribution in [0.15, 0.2) is 60.7 Å². The van der Waals surface area contributed by atoms with Crippen LogP contribution in [0.5, 0.6) is 0 Å². The van der Waals surface area contributed by atoms with Gasteiger partial charge in [0.2, 0.25) is 0 Å². The van der Waals surface area contributed by atoms with Crippen LogP contribution in [-0.4, -0.2) is 52.2 Å². The first-order valence-electron chi connectivity index (χ1n) is 24.3. The van der Waals surface area contributed by atoms with Crippen LogP contribution in [0.3, 0.4) is 0 Å². The zero-order chi connectivity index (χ0) is 43.9. The van der Waals surface area contributed by atoms with Crippen molar-refractivity contribution in [3.8, 4) is 0 Å². The van der Waals surface area contributed by atoms with Gasteiger partial charge in [0.15, 0.2) is 12.2 Å². The Morgan fingerprint density at radius 2 is 0.714 bits per heavy atom. The molecule has 0 unspecified atom stereocenters. The van der Waals surface area contributed by atoms with Gasteiger partial charge in [-0.15, -0.1) is 37.2 Å². The minimum Gasteiger partial charge on any atom is -0.378 e. The van der Waals surface area contributed by atoms with Crippen LogP contribution in [0, 0.1) is 29.6 Å². The maximum absolute atomic E-state index is 12.0. The molecule has 5 aliphatic rings. The monoisotopic (exact) mass is 942 g/mol. The van der Waals surface area contributed by atoms with Crippen molar-refractivity contribution in [2.45, 2.75) is 205 Å². The van der Waals surface area contributed by atoms with Gasteiger partial charge in [0.25, 0.3) is 11.8 Å². The van der Waals surface area contributed by atoms with Crippen molar-refractivity contribution in [1.29, 1.82) is 0 Å². The molecule has 7 rings (SSSR count). The smallest absolute Gasteiger partial charge is 0.253 e. The molecule has 9 nitrogen and oxygen atoms in total. The van der Waals surface area contributed by atoms with Gasteiger partial charge in [0.1, 0.15) is 0 Å². The van der Waals surface area contributed by atoms with Gasteiger partial charge in [-0.1, -0.05) is 159 Å². The second-order valence-corrected chi connectivity index (χ2v) is 18.3. The number of carbonyl (C=O) groups is 2. The summed E-state index contributed by atoms with van der Waals surface area (Å²) in [5.41, 5.74) is 18.7. The third-order valence-electron chi connectivity index (χ3n) is 14.5. The Hall–Kier alpha value is -1.95. The Kier molecular flexibility index (Phi) is 33.3. The molecule has 0 saturated heterocycles. The Morgan fingerprint density at radius 1 is 0.460 bits per heavy atom. The molecule has 5 aliphatic carbocycles. The largest absolute Gasteiger partial charge is 0.378 e. The maximum atomic E-state index is 12.0. The fourth-order valence-corrected chi connectivity index (χ4v) is 10.2. The summed E-state index contributed by atoms with van der Waals surface area (Å²) in [6.07, 6.45) is 22.7. The summed E-state index contributed by atoms with van der Waals surface area (Å²) in [6.45, 7) is 11.0. The molecule has 10 N–H and O–H groups in total. The van der Waals surface area contributed by atoms with Crippen molar-refractivity contribution in [1.82, 2.24) is 10.6 Å². The molecule has 5 fully saturated rings. The summed E-state index contributed by atoms with van der Waals surface area (Å²) in [5.74, 6) is 3.12. The van der Waals surface area contributed by atoms with E-state index in [9.17, 15) is 19.8 Å². The summed E-state index contributed by atoms with van der Waals surface area (Å²) < 4.78 is 0. The van der Waals surface area contributed by atoms with Crippen molar-refractivity contribution in [2.24, 2.45) is 46.8 Å². The summed E-state index contributed by atoms with van der Waals surface area (Å²) >= 11 is 0. The Labute approximate surface area is 401 Å². The fourth-order valence-electron chi connectivity index (χ4n) is 10.2. The first kappa shape index (κ1) is 61.1. The first-order chi connectivity index (χ1) is 29.0. The highest BCUT2D eigenvalue weighted by molar-refractivity contribution is 5.86. The van der Waals surface area contributed by atoms with Gasteiger partial charge < -0.3 is 38.0 Å². The van der Waals surface area contributed by atoms with E-state index >= 15 is 0 Å². The molecule has 364 valence electrons. The van der Waals surface area contributed by atoms with Gasteiger partial charge in [-0.05, 0) is 105 Å². The van der Waals surface area contributed by atoms with E-state index in [0.29, 0.717) is 41.1 Å². The van der Waals surface area contributed by atoms with E-state index in [2.05, 4.69) is 45.3 Å². The van der Waals surface area contributed by atoms with Crippen LogP contribution in [0.1, 0.15) is 186 Å². The molecule has 12 atom stereocenters. The third kappa shape index (κ3) is 21.0. The van der Waals surface area contributed by atoms with Crippen LogP contribution in [0.4, 0.5) is 0 Å². The molecule has 0 heterocycles. The number of aliphatic hydroxyl groups excluding tert-OH is 2. The lowest BCUT2D eigenvalue weighted by atomic mass is 10.00. The van der Waals surface area contributed by atoms with E-state index in [1.807, 2.05) is 36.4 Å². The van der Waals surface area contributed by atoms with Crippen LogP contribution in [0.25, 0.3) is 0 Å². The number of aliphatic hydroxyl groups is 2. The van der Waals surface area contributed by atoms with E-state index in [0.717, 1.165) is 43.4 Å². The van der Waals surface area contributed by atoms with Crippen molar-refractivity contribution < 1.29 is 19.8 Å². The highest BCUT2D eigenvalue weighted by atomic mass is 35.5. The molecule has 5 saturated carbocycles. The minimum atomic E-state index is -1.05. The molecule has 0 spiro atoms. The summed E-state index contributed by atoms with van der Waals surface area (Å²) in [7, 11) is 0. The second kappa shape index (κ2) is 34.4. The van der Waals surface area contributed by atoms with E-state index in [-0.39, 0.29) is 61.1 Å². The molecule has 2 amide bonds. The van der Waals surface area contributed by atoms with Crippen LogP contribution in [0.2, 0.25) is 0 Å². The van der Waals surface area contributed by atoms with Crippen molar-refractivity contribution in [3.05, 3.63) is 71.8 Å². The van der Waals surface area contributed by atoms with Gasteiger partial charge in [-0.3, -0.25) is 9.59 Å². The molecule has 0 aromatic heterocycles. The van der Waals surface area contributed by atoms with Gasteiger partial charge in [0.05, 0.1) is 0 Å². The molecule has 0 aliphatic heterocycles. The maximum Gasteiger partial charge on any atom is 0.253 e. The van der Waals surface area contributed by atoms with Crippen LogP contribution in [-0.2, 0) is 9.59 Å². The molecule has 2 aromatic rings. The molecule has 63 heavy (non-hydrogen) atoms. The van der Waals surface area contributed by atoms with Crippen LogP contribution < -0.4 is 27.8 Å². The van der Waals surface area contributed by atoms with Gasteiger partial charge >= 0.3 is 0 Å². The predicted octanol–water partition coefficient (Wildman–Crippen LogP) is 10.7. The van der Waals surface area contributed by atoms with Crippen LogP contribution >= 0.6 is 37.2 Å². The fraction of sp³-hybridized carbons (Fsp3) is 0.725. The average molecular weight is 944 g/mol. The molecule has 12 heteroatoms. The summed E-state index contributed by atoms with van der Waals surface area (Å²) in [5, 5.41) is 26.0. The SMILES string of the molecule is CC[C@H]1CCC[C@@H]1N.CC[C@H]1CCC[C@@H]1N.CC[C@H]1CCC[C@@H]1N.CC[C@H]1CCC[C@@H]1NC(=O)[C@H](O)c1ccccc1.CC[C@H]1CCC[C@@H]1NC(=O)[C@H](O)c1ccccc1.Cl.Cl.Cl. The normalized spacial score (nSPS) is 28.7. The van der Waals surface area contributed by atoms with E-state index in [1.54, 1.807) is 24.3 Å². The van der Waals surface area contributed by atoms with E-state index < -0.39 is 12.2 Å². The summed E-state index contributed by atoms with van der Waals surface area (Å²) in [6, 6.07) is 20.2.